The highest BCUT2D eigenvalue weighted by Gasteiger charge is 2.14. The molecule has 0 radical (unpaired) electrons. The van der Waals surface area contributed by atoms with Crippen LogP contribution < -0.4 is 20.7 Å². The molecule has 1 aliphatic rings. The molecule has 0 bridgehead atoms. The molecule has 1 aliphatic heterocycles. The van der Waals surface area contributed by atoms with Gasteiger partial charge in [-0.2, -0.15) is 0 Å². The van der Waals surface area contributed by atoms with Crippen molar-refractivity contribution in [2.45, 2.75) is 12.8 Å². The van der Waals surface area contributed by atoms with Crippen molar-refractivity contribution in [2.75, 3.05) is 30.8 Å². The van der Waals surface area contributed by atoms with E-state index >= 15 is 0 Å². The molecular formula is C13H17N3O3. The van der Waals surface area contributed by atoms with Gasteiger partial charge in [0.2, 0.25) is 11.8 Å². The summed E-state index contributed by atoms with van der Waals surface area (Å²) in [5.74, 6) is 0.464. The van der Waals surface area contributed by atoms with Crippen molar-refractivity contribution in [1.29, 1.82) is 0 Å². The molecule has 1 heterocycles. The molecule has 0 saturated heterocycles. The molecule has 0 aromatic heterocycles. The van der Waals surface area contributed by atoms with Crippen LogP contribution in [0.3, 0.4) is 0 Å². The number of anilines is 2. The van der Waals surface area contributed by atoms with Gasteiger partial charge in [0, 0.05) is 18.7 Å². The summed E-state index contributed by atoms with van der Waals surface area (Å²) in [6.45, 7) is 0.989. The Labute approximate surface area is 111 Å². The summed E-state index contributed by atoms with van der Waals surface area (Å²) in [4.78, 5) is 23.0. The van der Waals surface area contributed by atoms with Gasteiger partial charge in [0.25, 0.3) is 0 Å². The van der Waals surface area contributed by atoms with E-state index < -0.39 is 0 Å². The fourth-order valence-electron chi connectivity index (χ4n) is 1.76. The maximum atomic E-state index is 11.6. The van der Waals surface area contributed by atoms with Gasteiger partial charge in [-0.05, 0) is 25.2 Å². The Morgan fingerprint density at radius 3 is 3.11 bits per heavy atom. The van der Waals surface area contributed by atoms with Crippen LogP contribution in [-0.4, -0.2) is 32.0 Å². The van der Waals surface area contributed by atoms with E-state index in [1.165, 1.54) is 0 Å². The molecule has 2 rings (SSSR count). The minimum Gasteiger partial charge on any atom is -0.491 e. The second kappa shape index (κ2) is 6.19. The third-order valence-electron chi connectivity index (χ3n) is 2.73. The fraction of sp³-hybridized carbons (Fsp3) is 0.385. The average Bonchev–Trinajstić information content (AvgIpc) is 2.56. The maximum Gasteiger partial charge on any atom is 0.227 e. The van der Waals surface area contributed by atoms with E-state index in [4.69, 9.17) is 4.74 Å². The van der Waals surface area contributed by atoms with Gasteiger partial charge < -0.3 is 20.7 Å². The van der Waals surface area contributed by atoms with E-state index in [0.717, 1.165) is 0 Å². The molecule has 0 aliphatic carbocycles. The molecule has 1 aromatic rings. The molecule has 2 amide bonds. The molecule has 1 aromatic carbocycles. The molecule has 0 saturated carbocycles. The van der Waals surface area contributed by atoms with Crippen LogP contribution in [0.15, 0.2) is 18.2 Å². The zero-order valence-corrected chi connectivity index (χ0v) is 10.8. The van der Waals surface area contributed by atoms with E-state index in [1.807, 2.05) is 0 Å². The number of hydrogen-bond acceptors (Lipinski definition) is 4. The number of carbonyl (C=O) groups is 2. The first-order chi connectivity index (χ1) is 9.19. The molecule has 0 atom stereocenters. The van der Waals surface area contributed by atoms with Crippen LogP contribution in [0.4, 0.5) is 11.4 Å². The van der Waals surface area contributed by atoms with Crippen molar-refractivity contribution >= 4 is 23.2 Å². The largest absolute Gasteiger partial charge is 0.491 e. The summed E-state index contributed by atoms with van der Waals surface area (Å²) >= 11 is 0. The van der Waals surface area contributed by atoms with E-state index in [1.54, 1.807) is 25.2 Å². The van der Waals surface area contributed by atoms with Gasteiger partial charge >= 0.3 is 0 Å². The summed E-state index contributed by atoms with van der Waals surface area (Å²) in [5, 5.41) is 8.44. The first-order valence-corrected chi connectivity index (χ1v) is 6.20. The molecule has 0 spiro atoms. The highest BCUT2D eigenvalue weighted by Crippen LogP contribution is 2.30. The third kappa shape index (κ3) is 3.69. The van der Waals surface area contributed by atoms with Crippen LogP contribution in [0.1, 0.15) is 12.8 Å². The smallest absolute Gasteiger partial charge is 0.227 e. The van der Waals surface area contributed by atoms with Gasteiger partial charge in [0.15, 0.2) is 0 Å². The normalized spacial score (nSPS) is 13.8. The second-order valence-corrected chi connectivity index (χ2v) is 4.26. The van der Waals surface area contributed by atoms with Crippen molar-refractivity contribution in [2.24, 2.45) is 0 Å². The number of rotatable bonds is 4. The Hall–Kier alpha value is -2.08. The lowest BCUT2D eigenvalue weighted by molar-refractivity contribution is -0.117. The summed E-state index contributed by atoms with van der Waals surface area (Å²) < 4.78 is 5.44. The fourth-order valence-corrected chi connectivity index (χ4v) is 1.76. The monoisotopic (exact) mass is 263 g/mol. The van der Waals surface area contributed by atoms with Gasteiger partial charge in [-0.3, -0.25) is 9.59 Å². The van der Waals surface area contributed by atoms with Crippen LogP contribution in [0, 0.1) is 0 Å². The molecule has 0 unspecified atom stereocenters. The first kappa shape index (κ1) is 13.4. The Morgan fingerprint density at radius 1 is 1.47 bits per heavy atom. The molecule has 3 N–H and O–H groups in total. The topological polar surface area (TPSA) is 79.5 Å². The SMILES string of the molecule is CNCCC(=O)Nc1ccc2c(c1)NC(=O)CCO2. The average molecular weight is 263 g/mol. The van der Waals surface area contributed by atoms with Crippen LogP contribution in [0.5, 0.6) is 5.75 Å². The summed E-state index contributed by atoms with van der Waals surface area (Å²) in [6, 6.07) is 5.21. The van der Waals surface area contributed by atoms with Crippen LogP contribution in [-0.2, 0) is 9.59 Å². The van der Waals surface area contributed by atoms with Crippen molar-refractivity contribution in [1.82, 2.24) is 5.32 Å². The van der Waals surface area contributed by atoms with E-state index in [2.05, 4.69) is 16.0 Å². The summed E-state index contributed by atoms with van der Waals surface area (Å²) in [5.41, 5.74) is 1.24. The van der Waals surface area contributed by atoms with E-state index in [0.29, 0.717) is 43.1 Å². The predicted molar refractivity (Wildman–Crippen MR) is 72.4 cm³/mol. The number of carbonyl (C=O) groups excluding carboxylic acids is 2. The number of amides is 2. The number of fused-ring (bicyclic) bond motifs is 1. The molecule has 6 nitrogen and oxygen atoms in total. The summed E-state index contributed by atoms with van der Waals surface area (Å²) in [6.07, 6.45) is 0.731. The van der Waals surface area contributed by atoms with Crippen molar-refractivity contribution in [3.05, 3.63) is 18.2 Å². The van der Waals surface area contributed by atoms with Gasteiger partial charge in [0.05, 0.1) is 18.7 Å². The maximum absolute atomic E-state index is 11.6. The highest BCUT2D eigenvalue weighted by atomic mass is 16.5. The Kier molecular flexibility index (Phi) is 4.35. The van der Waals surface area contributed by atoms with Crippen molar-refractivity contribution in [3.8, 4) is 5.75 Å². The van der Waals surface area contributed by atoms with E-state index in [9.17, 15) is 9.59 Å². The van der Waals surface area contributed by atoms with Gasteiger partial charge in [-0.25, -0.2) is 0 Å². The van der Waals surface area contributed by atoms with Crippen LogP contribution in [0.2, 0.25) is 0 Å². The number of benzene rings is 1. The lowest BCUT2D eigenvalue weighted by atomic mass is 10.2. The zero-order chi connectivity index (χ0) is 13.7. The van der Waals surface area contributed by atoms with Gasteiger partial charge in [-0.15, -0.1) is 0 Å². The molecule has 6 heteroatoms. The minimum atomic E-state index is -0.0857. The Bertz CT molecular complexity index is 488. The Balaban J connectivity index is 2.07. The van der Waals surface area contributed by atoms with Crippen LogP contribution >= 0.6 is 0 Å². The van der Waals surface area contributed by atoms with E-state index in [-0.39, 0.29) is 11.8 Å². The number of hydrogen-bond donors (Lipinski definition) is 3. The van der Waals surface area contributed by atoms with Crippen LogP contribution in [0.25, 0.3) is 0 Å². The number of ether oxygens (including phenoxy) is 1. The zero-order valence-electron chi connectivity index (χ0n) is 10.8. The minimum absolute atomic E-state index is 0.0739. The van der Waals surface area contributed by atoms with Gasteiger partial charge in [-0.1, -0.05) is 0 Å². The highest BCUT2D eigenvalue weighted by molar-refractivity contribution is 5.96. The Morgan fingerprint density at radius 2 is 2.32 bits per heavy atom. The first-order valence-electron chi connectivity index (χ1n) is 6.20. The van der Waals surface area contributed by atoms with Gasteiger partial charge in [0.1, 0.15) is 5.75 Å². The lowest BCUT2D eigenvalue weighted by Gasteiger charge is -2.10. The molecule has 102 valence electrons. The lowest BCUT2D eigenvalue weighted by Crippen LogP contribution is -2.18. The number of nitrogens with one attached hydrogen (secondary N) is 3. The van der Waals surface area contributed by atoms with Crippen molar-refractivity contribution in [3.63, 3.8) is 0 Å². The molecule has 0 fully saturated rings. The quantitative estimate of drug-likeness (QED) is 0.756. The predicted octanol–water partition coefficient (Wildman–Crippen LogP) is 0.956. The summed E-state index contributed by atoms with van der Waals surface area (Å²) in [7, 11) is 1.79. The second-order valence-electron chi connectivity index (χ2n) is 4.26. The third-order valence-corrected chi connectivity index (χ3v) is 2.73. The molecule has 19 heavy (non-hydrogen) atoms. The molecular weight excluding hydrogens is 246 g/mol. The standard InChI is InChI=1S/C13H17N3O3/c1-14-6-4-12(17)15-9-2-3-11-10(8-9)16-13(18)5-7-19-11/h2-3,8,14H,4-7H2,1H3,(H,15,17)(H,16,18). The van der Waals surface area contributed by atoms with Crippen molar-refractivity contribution < 1.29 is 14.3 Å².